The van der Waals surface area contributed by atoms with Crippen LogP contribution in [-0.2, 0) is 11.1 Å². The topological polar surface area (TPSA) is 17.1 Å². The van der Waals surface area contributed by atoms with E-state index < -0.39 is 0 Å². The van der Waals surface area contributed by atoms with E-state index in [4.69, 9.17) is 0 Å². The third-order valence-corrected chi connectivity index (χ3v) is 2.51. The Hall–Kier alpha value is -0.850. The Morgan fingerprint density at radius 1 is 1.47 bits per heavy atom. The average Bonchev–Trinajstić information content (AvgIpc) is 2.14. The summed E-state index contributed by atoms with van der Waals surface area (Å²) in [6.07, 6.45) is 0.739. The molecule has 15 heavy (non-hydrogen) atoms. The molecule has 1 radical (unpaired) electrons. The van der Waals surface area contributed by atoms with E-state index in [0.29, 0.717) is 0 Å². The summed E-state index contributed by atoms with van der Waals surface area (Å²) in [6, 6.07) is 2.07. The van der Waals surface area contributed by atoms with Crippen LogP contribution in [0.25, 0.3) is 0 Å². The van der Waals surface area contributed by atoms with Gasteiger partial charge in [-0.2, -0.15) is 0 Å². The van der Waals surface area contributed by atoms with Gasteiger partial charge < -0.3 is 0 Å². The molecule has 0 amide bonds. The van der Waals surface area contributed by atoms with Gasteiger partial charge in [0.05, 0.1) is 0 Å². The number of aryl methyl sites for hydroxylation is 1. The van der Waals surface area contributed by atoms with Crippen LogP contribution in [-0.4, -0.2) is 19.9 Å². The molecule has 0 atom stereocenters. The summed E-state index contributed by atoms with van der Waals surface area (Å²) in [5.41, 5.74) is 2.43. The van der Waals surface area contributed by atoms with E-state index in [9.17, 15) is 4.79 Å². The van der Waals surface area contributed by atoms with Crippen molar-refractivity contribution in [1.29, 1.82) is 0 Å². The molecule has 0 aliphatic rings. The van der Waals surface area contributed by atoms with Crippen LogP contribution in [0.4, 0.5) is 0 Å². The van der Waals surface area contributed by atoms with Crippen molar-refractivity contribution < 1.29 is 4.79 Å². The van der Waals surface area contributed by atoms with Crippen molar-refractivity contribution in [3.8, 4) is 0 Å². The van der Waals surface area contributed by atoms with Crippen LogP contribution in [0.1, 0.15) is 31.9 Å². The predicted octanol–water partition coefficient (Wildman–Crippen LogP) is 2.11. The van der Waals surface area contributed by atoms with E-state index in [-0.39, 0.29) is 11.1 Å². The zero-order valence-corrected chi connectivity index (χ0v) is 10.0. The van der Waals surface area contributed by atoms with Gasteiger partial charge in [0.1, 0.15) is 0 Å². The number of rotatable bonds is 3. The van der Waals surface area contributed by atoms with Crippen molar-refractivity contribution in [2.45, 2.75) is 34.0 Å². The number of hydrogen-bond donors (Lipinski definition) is 0. The fraction of sp³-hybridized carbons (Fsp3) is 0.500. The van der Waals surface area contributed by atoms with Crippen molar-refractivity contribution in [3.05, 3.63) is 29.1 Å². The summed E-state index contributed by atoms with van der Waals surface area (Å²) in [5.74, 6) is 4.09. The van der Waals surface area contributed by atoms with Gasteiger partial charge in [0, 0.05) is 0 Å². The van der Waals surface area contributed by atoms with Gasteiger partial charge in [0.2, 0.25) is 0 Å². The Morgan fingerprint density at radius 3 is 2.67 bits per heavy atom. The third-order valence-electron chi connectivity index (χ3n) is 2.51. The molecule has 0 fully saturated rings. The zero-order valence-electron chi connectivity index (χ0n) is 10.0. The second-order valence-corrected chi connectivity index (χ2v) is 4.95. The molecule has 0 saturated heterocycles. The van der Waals surface area contributed by atoms with E-state index >= 15 is 0 Å². The first-order chi connectivity index (χ1) is 6.91. The first-order valence-corrected chi connectivity index (χ1v) is 5.33. The molecule has 0 N–H and O–H groups in total. The molecule has 1 aromatic heterocycles. The fourth-order valence-electron chi connectivity index (χ4n) is 1.35. The molecule has 0 aliphatic carbocycles. The Labute approximate surface area is 93.7 Å². The van der Waals surface area contributed by atoms with Crippen LogP contribution in [0.2, 0.25) is 0 Å². The monoisotopic (exact) mass is 199 g/mol. The normalized spacial score (nSPS) is 10.9. The van der Waals surface area contributed by atoms with Crippen molar-refractivity contribution in [1.82, 2.24) is 0 Å². The Balaban J connectivity index is 2.59. The number of hydrogen-bond acceptors (Lipinski definition) is 1. The molecule has 0 aliphatic heterocycles. The molecule has 3 heteroatoms. The third kappa shape index (κ3) is 3.65. The second-order valence-electron chi connectivity index (χ2n) is 4.95. The van der Waals surface area contributed by atoms with Crippen molar-refractivity contribution >= 4 is 19.9 Å². The van der Waals surface area contributed by atoms with Crippen LogP contribution in [0.5, 0.6) is 0 Å². The molecule has 77 valence electrons. The second kappa shape index (κ2) is 4.78. The van der Waals surface area contributed by atoms with Crippen LogP contribution >= 0.6 is 0 Å². The summed E-state index contributed by atoms with van der Waals surface area (Å²) < 4.78 is 0. The van der Waals surface area contributed by atoms with Crippen molar-refractivity contribution in [2.75, 3.05) is 0 Å². The first kappa shape index (κ1) is 12.2. The molecule has 0 saturated carbocycles. The van der Waals surface area contributed by atoms with E-state index in [2.05, 4.69) is 19.0 Å². The van der Waals surface area contributed by atoms with Gasteiger partial charge in [0.15, 0.2) is 0 Å². The summed E-state index contributed by atoms with van der Waals surface area (Å²) >= 11 is 0. The summed E-state index contributed by atoms with van der Waals surface area (Å²) in [7, 11) is 1.79. The van der Waals surface area contributed by atoms with Gasteiger partial charge in [-0.25, -0.2) is 0 Å². The minimum absolute atomic E-state index is 0.214. The van der Waals surface area contributed by atoms with Crippen molar-refractivity contribution in [3.63, 3.8) is 0 Å². The quantitative estimate of drug-likeness (QED) is 0.681. The van der Waals surface area contributed by atoms with Crippen LogP contribution in [0.3, 0.4) is 0 Å². The zero-order chi connectivity index (χ0) is 11.5. The van der Waals surface area contributed by atoms with Crippen LogP contribution in [0.15, 0.2) is 18.0 Å². The molecular formula is C12H17B2O. The maximum absolute atomic E-state index is 11.7. The first-order valence-electron chi connectivity index (χ1n) is 5.33. The Morgan fingerprint density at radius 2 is 2.13 bits per heavy atom. The Bertz CT molecular complexity index is 353. The molecule has 1 nitrogen and oxygen atoms in total. The van der Waals surface area contributed by atoms with Crippen LogP contribution < -0.4 is 0 Å². The van der Waals surface area contributed by atoms with Gasteiger partial charge in [0.25, 0.3) is 0 Å². The number of carbonyl (C=O) groups excluding carboxylic acids is 1. The van der Waals surface area contributed by atoms with Gasteiger partial charge in [-0.05, 0) is 0 Å². The number of carbonyl (C=O) groups is 1. The molecule has 1 aromatic rings. The average molecular weight is 199 g/mol. The molecule has 0 aromatic carbocycles. The van der Waals surface area contributed by atoms with E-state index in [1.54, 1.807) is 7.28 Å². The minimum atomic E-state index is -0.261. The maximum atomic E-state index is 11.7. The predicted molar refractivity (Wildman–Crippen MR) is 66.4 cm³/mol. The van der Waals surface area contributed by atoms with E-state index in [0.717, 1.165) is 6.32 Å². The van der Waals surface area contributed by atoms with Gasteiger partial charge in [-0.1, -0.05) is 0 Å². The molecular weight excluding hydrogens is 182 g/mol. The fourth-order valence-corrected chi connectivity index (χ4v) is 1.35. The summed E-state index contributed by atoms with van der Waals surface area (Å²) in [5, 5.41) is 0. The molecule has 0 spiro atoms. The molecule has 0 bridgehead atoms. The van der Waals surface area contributed by atoms with Gasteiger partial charge in [-0.3, -0.25) is 0 Å². The Kier molecular flexibility index (Phi) is 3.90. The SMILES string of the molecule is Cc1cbccc1C[B]C(=O)C(C)(C)C. The van der Waals surface area contributed by atoms with E-state index in [1.165, 1.54) is 11.1 Å². The van der Waals surface area contributed by atoms with Crippen molar-refractivity contribution in [2.24, 2.45) is 5.41 Å². The van der Waals surface area contributed by atoms with Gasteiger partial charge in [-0.15, -0.1) is 0 Å². The molecule has 1 rings (SSSR count). The van der Waals surface area contributed by atoms with Crippen LogP contribution in [0, 0.1) is 12.3 Å². The molecule has 1 heterocycles. The van der Waals surface area contributed by atoms with E-state index in [1.807, 2.05) is 33.6 Å². The summed E-state index contributed by atoms with van der Waals surface area (Å²) in [6.45, 7) is 9.94. The standard InChI is InChI=1S/C12H17B2O/c1-9-7-13-6-5-10(9)8-14-11(15)12(2,3)4/h5-7H,8H2,1-4H3. The molecule has 0 unspecified atom stereocenters. The van der Waals surface area contributed by atoms with Gasteiger partial charge >= 0.3 is 93.2 Å². The summed E-state index contributed by atoms with van der Waals surface area (Å²) in [4.78, 5) is 11.7.